The molecule has 0 unspecified atom stereocenters. The summed E-state index contributed by atoms with van der Waals surface area (Å²) in [6, 6.07) is 12.4. The number of thioether (sulfide) groups is 1. The Morgan fingerprint density at radius 3 is 2.81 bits per heavy atom. The Balaban J connectivity index is 1.94. The molecule has 0 bridgehead atoms. The molecule has 0 fully saturated rings. The van der Waals surface area contributed by atoms with E-state index in [2.05, 4.69) is 5.32 Å². The number of hydrogen-bond donors (Lipinski definition) is 1. The number of carbonyl (C=O) groups excluding carboxylic acids is 1. The van der Waals surface area contributed by atoms with E-state index >= 15 is 0 Å². The zero-order valence-electron chi connectivity index (χ0n) is 11.2. The molecular formula is C15H13Cl2NO2S. The van der Waals surface area contributed by atoms with Crippen molar-refractivity contribution in [2.24, 2.45) is 0 Å². The van der Waals surface area contributed by atoms with Crippen molar-refractivity contribution in [2.75, 3.05) is 18.2 Å². The van der Waals surface area contributed by atoms with Gasteiger partial charge < -0.3 is 10.1 Å². The quantitative estimate of drug-likeness (QED) is 0.798. The van der Waals surface area contributed by atoms with Gasteiger partial charge in [0.15, 0.2) is 6.61 Å². The Morgan fingerprint density at radius 2 is 2.05 bits per heavy atom. The molecule has 0 aromatic heterocycles. The summed E-state index contributed by atoms with van der Waals surface area (Å²) in [6.45, 7) is -0.135. The molecule has 0 aliphatic carbocycles. The van der Waals surface area contributed by atoms with Crippen molar-refractivity contribution in [2.45, 2.75) is 4.90 Å². The number of benzene rings is 2. The summed E-state index contributed by atoms with van der Waals surface area (Å²) in [5.41, 5.74) is 0.729. The lowest BCUT2D eigenvalue weighted by atomic mass is 10.3. The molecule has 0 aliphatic heterocycles. The minimum absolute atomic E-state index is 0.135. The molecule has 0 saturated heterocycles. The molecule has 0 heterocycles. The van der Waals surface area contributed by atoms with Gasteiger partial charge in [0, 0.05) is 21.7 Å². The number of hydrogen-bond acceptors (Lipinski definition) is 3. The van der Waals surface area contributed by atoms with Gasteiger partial charge in [0.25, 0.3) is 5.91 Å². The normalized spacial score (nSPS) is 10.2. The van der Waals surface area contributed by atoms with Crippen LogP contribution in [0.5, 0.6) is 5.75 Å². The summed E-state index contributed by atoms with van der Waals surface area (Å²) in [5.74, 6) is 0.126. The van der Waals surface area contributed by atoms with E-state index in [9.17, 15) is 4.79 Å². The van der Waals surface area contributed by atoms with Gasteiger partial charge in [0.1, 0.15) is 5.75 Å². The molecule has 1 N–H and O–H groups in total. The van der Waals surface area contributed by atoms with Gasteiger partial charge in [-0.15, -0.1) is 11.8 Å². The largest absolute Gasteiger partial charge is 0.482 e. The Labute approximate surface area is 137 Å². The third-order valence-corrected chi connectivity index (χ3v) is 3.88. The summed E-state index contributed by atoms with van der Waals surface area (Å²) in [7, 11) is 0. The van der Waals surface area contributed by atoms with Crippen LogP contribution in [0.3, 0.4) is 0 Å². The molecule has 0 radical (unpaired) electrons. The average Bonchev–Trinajstić information content (AvgIpc) is 2.48. The summed E-state index contributed by atoms with van der Waals surface area (Å²) in [6.07, 6.45) is 1.98. The third-order valence-electron chi connectivity index (χ3n) is 2.61. The number of anilines is 1. The Hall–Kier alpha value is -1.36. The van der Waals surface area contributed by atoms with Crippen molar-refractivity contribution in [1.82, 2.24) is 0 Å². The molecule has 2 aromatic rings. The minimum atomic E-state index is -0.260. The van der Waals surface area contributed by atoms with E-state index in [1.54, 1.807) is 30.0 Å². The highest BCUT2D eigenvalue weighted by Crippen LogP contribution is 2.27. The zero-order chi connectivity index (χ0) is 15.2. The van der Waals surface area contributed by atoms with Gasteiger partial charge >= 0.3 is 0 Å². The molecule has 6 heteroatoms. The number of ether oxygens (including phenoxy) is 1. The van der Waals surface area contributed by atoms with Crippen molar-refractivity contribution in [1.29, 1.82) is 0 Å². The first-order chi connectivity index (χ1) is 10.1. The number of carbonyl (C=O) groups is 1. The lowest BCUT2D eigenvalue weighted by Gasteiger charge is -2.09. The molecular weight excluding hydrogens is 329 g/mol. The van der Waals surface area contributed by atoms with Crippen molar-refractivity contribution >= 4 is 46.6 Å². The van der Waals surface area contributed by atoms with Gasteiger partial charge in [0.2, 0.25) is 0 Å². The van der Waals surface area contributed by atoms with Crippen LogP contribution >= 0.6 is 35.0 Å². The van der Waals surface area contributed by atoms with Crippen molar-refractivity contribution in [3.63, 3.8) is 0 Å². The van der Waals surface area contributed by atoms with E-state index in [1.165, 1.54) is 0 Å². The predicted molar refractivity (Wildman–Crippen MR) is 88.8 cm³/mol. The minimum Gasteiger partial charge on any atom is -0.482 e. The van der Waals surface area contributed by atoms with E-state index in [-0.39, 0.29) is 12.5 Å². The SMILES string of the molecule is CSc1cccc(NC(=O)COc2cc(Cl)ccc2Cl)c1. The molecule has 3 nitrogen and oxygen atoms in total. The topological polar surface area (TPSA) is 38.3 Å². The molecule has 2 rings (SSSR count). The fourth-order valence-electron chi connectivity index (χ4n) is 1.63. The van der Waals surface area contributed by atoms with Crippen LogP contribution < -0.4 is 10.1 Å². The van der Waals surface area contributed by atoms with Crippen LogP contribution in [-0.2, 0) is 4.79 Å². The third kappa shape index (κ3) is 4.84. The average molecular weight is 342 g/mol. The maximum absolute atomic E-state index is 11.9. The maximum atomic E-state index is 11.9. The van der Waals surface area contributed by atoms with Crippen LogP contribution in [0, 0.1) is 0 Å². The lowest BCUT2D eigenvalue weighted by Crippen LogP contribution is -2.20. The van der Waals surface area contributed by atoms with Crippen LogP contribution in [-0.4, -0.2) is 18.8 Å². The molecule has 1 amide bonds. The molecule has 2 aromatic carbocycles. The number of halogens is 2. The van der Waals surface area contributed by atoms with Gasteiger partial charge in [-0.05, 0) is 36.6 Å². The van der Waals surface area contributed by atoms with Gasteiger partial charge in [0.05, 0.1) is 5.02 Å². The fourth-order valence-corrected chi connectivity index (χ4v) is 2.42. The van der Waals surface area contributed by atoms with Crippen LogP contribution in [0.4, 0.5) is 5.69 Å². The zero-order valence-corrected chi connectivity index (χ0v) is 13.6. The number of amides is 1. The van der Waals surface area contributed by atoms with Crippen LogP contribution in [0.2, 0.25) is 10.0 Å². The number of rotatable bonds is 5. The van der Waals surface area contributed by atoms with Crippen LogP contribution in [0.1, 0.15) is 0 Å². The summed E-state index contributed by atoms with van der Waals surface area (Å²) in [5, 5.41) is 3.68. The highest BCUT2D eigenvalue weighted by atomic mass is 35.5. The molecule has 0 aliphatic rings. The summed E-state index contributed by atoms with van der Waals surface area (Å²) >= 11 is 13.4. The molecule has 110 valence electrons. The second-order valence-corrected chi connectivity index (χ2v) is 5.87. The first-order valence-corrected chi connectivity index (χ1v) is 8.08. The van der Waals surface area contributed by atoms with Crippen molar-refractivity contribution in [3.05, 3.63) is 52.5 Å². The smallest absolute Gasteiger partial charge is 0.262 e. The molecule has 21 heavy (non-hydrogen) atoms. The monoisotopic (exact) mass is 341 g/mol. The Kier molecular flexibility index (Phi) is 5.79. The van der Waals surface area contributed by atoms with E-state index in [0.717, 1.165) is 10.6 Å². The Bertz CT molecular complexity index is 649. The standard InChI is InChI=1S/C15H13Cl2NO2S/c1-21-12-4-2-3-11(8-12)18-15(19)9-20-14-7-10(16)5-6-13(14)17/h2-8H,9H2,1H3,(H,18,19). The highest BCUT2D eigenvalue weighted by molar-refractivity contribution is 7.98. The maximum Gasteiger partial charge on any atom is 0.262 e. The van der Waals surface area contributed by atoms with Gasteiger partial charge in [-0.25, -0.2) is 0 Å². The first kappa shape index (κ1) is 16.0. The molecule has 0 spiro atoms. The van der Waals surface area contributed by atoms with E-state index < -0.39 is 0 Å². The fraction of sp³-hybridized carbons (Fsp3) is 0.133. The van der Waals surface area contributed by atoms with Gasteiger partial charge in [-0.1, -0.05) is 29.3 Å². The Morgan fingerprint density at radius 1 is 1.24 bits per heavy atom. The van der Waals surface area contributed by atoms with Gasteiger partial charge in [-0.3, -0.25) is 4.79 Å². The number of nitrogens with one attached hydrogen (secondary N) is 1. The molecule has 0 saturated carbocycles. The summed E-state index contributed by atoms with van der Waals surface area (Å²) in [4.78, 5) is 12.9. The van der Waals surface area contributed by atoms with E-state index in [1.807, 2.05) is 30.5 Å². The van der Waals surface area contributed by atoms with Crippen molar-refractivity contribution in [3.8, 4) is 5.75 Å². The van der Waals surface area contributed by atoms with E-state index in [4.69, 9.17) is 27.9 Å². The second kappa shape index (κ2) is 7.59. The highest BCUT2D eigenvalue weighted by Gasteiger charge is 2.07. The van der Waals surface area contributed by atoms with Gasteiger partial charge in [-0.2, -0.15) is 0 Å². The summed E-state index contributed by atoms with van der Waals surface area (Å²) < 4.78 is 5.37. The van der Waals surface area contributed by atoms with Crippen LogP contribution in [0.25, 0.3) is 0 Å². The van der Waals surface area contributed by atoms with E-state index in [0.29, 0.717) is 15.8 Å². The lowest BCUT2D eigenvalue weighted by molar-refractivity contribution is -0.118. The van der Waals surface area contributed by atoms with Crippen molar-refractivity contribution < 1.29 is 9.53 Å². The second-order valence-electron chi connectivity index (χ2n) is 4.14. The predicted octanol–water partition coefficient (Wildman–Crippen LogP) is 4.73. The molecule has 0 atom stereocenters. The van der Waals surface area contributed by atoms with Crippen LogP contribution in [0.15, 0.2) is 47.4 Å². The first-order valence-electron chi connectivity index (χ1n) is 6.10.